The van der Waals surface area contributed by atoms with Gasteiger partial charge >= 0.3 is 0 Å². The van der Waals surface area contributed by atoms with Gasteiger partial charge in [0.2, 0.25) is 0 Å². The van der Waals surface area contributed by atoms with Crippen LogP contribution in [0.4, 0.5) is 0 Å². The minimum Gasteiger partial charge on any atom is -0.396 e. The molecule has 124 valence electrons. The Morgan fingerprint density at radius 3 is 2.71 bits per heavy atom. The molecule has 21 heavy (non-hydrogen) atoms. The third kappa shape index (κ3) is 5.15. The summed E-state index contributed by atoms with van der Waals surface area (Å²) in [4.78, 5) is 2.21. The fourth-order valence-corrected chi connectivity index (χ4v) is 4.44. The minimum atomic E-state index is -3.46. The summed E-state index contributed by atoms with van der Waals surface area (Å²) < 4.78 is 34.3. The SMILES string of the molecule is CC(CN1CCOCC1)NS(=O)(=O)N1CCCC(CO)C1. The van der Waals surface area contributed by atoms with E-state index >= 15 is 0 Å². The first-order valence-corrected chi connectivity index (χ1v) is 9.13. The molecular formula is C13H27N3O4S. The van der Waals surface area contributed by atoms with E-state index in [4.69, 9.17) is 4.74 Å². The average Bonchev–Trinajstić information content (AvgIpc) is 2.47. The van der Waals surface area contributed by atoms with Gasteiger partial charge in [0.25, 0.3) is 10.2 Å². The number of aliphatic hydroxyl groups excluding tert-OH is 1. The summed E-state index contributed by atoms with van der Waals surface area (Å²) in [5.74, 6) is 0.0601. The minimum absolute atomic E-state index is 0.0509. The van der Waals surface area contributed by atoms with Gasteiger partial charge in [0, 0.05) is 45.4 Å². The van der Waals surface area contributed by atoms with Crippen LogP contribution in [-0.4, -0.2) is 81.3 Å². The first-order valence-electron chi connectivity index (χ1n) is 7.69. The Morgan fingerprint density at radius 2 is 2.05 bits per heavy atom. The van der Waals surface area contributed by atoms with Crippen LogP contribution in [0.1, 0.15) is 19.8 Å². The lowest BCUT2D eigenvalue weighted by Gasteiger charge is -2.33. The van der Waals surface area contributed by atoms with Gasteiger partial charge in [-0.05, 0) is 25.7 Å². The maximum absolute atomic E-state index is 12.4. The Labute approximate surface area is 127 Å². The van der Waals surface area contributed by atoms with E-state index in [9.17, 15) is 13.5 Å². The molecule has 0 radical (unpaired) electrons. The Bertz CT molecular complexity index is 412. The Morgan fingerprint density at radius 1 is 1.33 bits per heavy atom. The van der Waals surface area contributed by atoms with Crippen molar-refractivity contribution in [1.29, 1.82) is 0 Å². The molecule has 0 spiro atoms. The zero-order valence-corrected chi connectivity index (χ0v) is 13.5. The molecule has 2 aliphatic heterocycles. The van der Waals surface area contributed by atoms with Crippen LogP contribution in [0.5, 0.6) is 0 Å². The first kappa shape index (κ1) is 17.1. The van der Waals surface area contributed by atoms with Crippen LogP contribution in [0.25, 0.3) is 0 Å². The molecule has 2 heterocycles. The molecule has 2 atom stereocenters. The van der Waals surface area contributed by atoms with Gasteiger partial charge in [0.05, 0.1) is 13.2 Å². The molecule has 7 nitrogen and oxygen atoms in total. The molecule has 2 N–H and O–H groups in total. The van der Waals surface area contributed by atoms with Crippen molar-refractivity contribution in [2.75, 3.05) is 52.5 Å². The van der Waals surface area contributed by atoms with Gasteiger partial charge in [-0.15, -0.1) is 0 Å². The van der Waals surface area contributed by atoms with Crippen LogP contribution in [0.3, 0.4) is 0 Å². The fourth-order valence-electron chi connectivity index (χ4n) is 2.93. The van der Waals surface area contributed by atoms with Crippen LogP contribution in [0.2, 0.25) is 0 Å². The van der Waals surface area contributed by atoms with Gasteiger partial charge in [0.15, 0.2) is 0 Å². The van der Waals surface area contributed by atoms with Gasteiger partial charge in [0.1, 0.15) is 0 Å². The van der Waals surface area contributed by atoms with E-state index in [1.54, 1.807) is 0 Å². The van der Waals surface area contributed by atoms with Crippen molar-refractivity contribution in [1.82, 2.24) is 13.9 Å². The van der Waals surface area contributed by atoms with Crippen molar-refractivity contribution in [2.45, 2.75) is 25.8 Å². The highest BCUT2D eigenvalue weighted by atomic mass is 32.2. The summed E-state index contributed by atoms with van der Waals surface area (Å²) in [6, 6.07) is -0.136. The molecule has 0 saturated carbocycles. The van der Waals surface area contributed by atoms with Crippen molar-refractivity contribution in [3.8, 4) is 0 Å². The molecule has 2 rings (SSSR count). The first-order chi connectivity index (χ1) is 10.0. The number of piperidine rings is 1. The lowest BCUT2D eigenvalue weighted by atomic mass is 10.0. The van der Waals surface area contributed by atoms with E-state index in [0.717, 1.165) is 25.9 Å². The van der Waals surface area contributed by atoms with Crippen molar-refractivity contribution >= 4 is 10.2 Å². The molecular weight excluding hydrogens is 294 g/mol. The van der Waals surface area contributed by atoms with Crippen LogP contribution in [0.15, 0.2) is 0 Å². The van der Waals surface area contributed by atoms with E-state index in [2.05, 4.69) is 9.62 Å². The van der Waals surface area contributed by atoms with Gasteiger partial charge in [-0.3, -0.25) is 4.90 Å². The van der Waals surface area contributed by atoms with Crippen LogP contribution in [0, 0.1) is 5.92 Å². The lowest BCUT2D eigenvalue weighted by Crippen LogP contribution is -2.52. The third-order valence-corrected chi connectivity index (χ3v) is 5.78. The normalized spacial score (nSPS) is 27.6. The average molecular weight is 321 g/mol. The second-order valence-electron chi connectivity index (χ2n) is 5.99. The van der Waals surface area contributed by atoms with Gasteiger partial charge in [-0.2, -0.15) is 17.4 Å². The van der Waals surface area contributed by atoms with Gasteiger partial charge in [-0.25, -0.2) is 0 Å². The maximum atomic E-state index is 12.4. The topological polar surface area (TPSA) is 82.1 Å². The molecule has 8 heteroatoms. The number of aliphatic hydroxyl groups is 1. The zero-order chi connectivity index (χ0) is 15.3. The van der Waals surface area contributed by atoms with E-state index in [1.807, 2.05) is 6.92 Å². The summed E-state index contributed by atoms with van der Waals surface area (Å²) in [5, 5.41) is 9.21. The largest absolute Gasteiger partial charge is 0.396 e. The monoisotopic (exact) mass is 321 g/mol. The van der Waals surface area contributed by atoms with Crippen molar-refractivity contribution in [3.63, 3.8) is 0 Å². The highest BCUT2D eigenvalue weighted by Crippen LogP contribution is 2.18. The predicted molar refractivity (Wildman–Crippen MR) is 80.2 cm³/mol. The number of hydrogen-bond acceptors (Lipinski definition) is 5. The zero-order valence-electron chi connectivity index (χ0n) is 12.7. The van der Waals surface area contributed by atoms with E-state index in [-0.39, 0.29) is 18.6 Å². The van der Waals surface area contributed by atoms with Crippen molar-refractivity contribution in [3.05, 3.63) is 0 Å². The molecule has 2 unspecified atom stereocenters. The highest BCUT2D eigenvalue weighted by molar-refractivity contribution is 7.87. The van der Waals surface area contributed by atoms with Gasteiger partial charge in [-0.1, -0.05) is 0 Å². The summed E-state index contributed by atoms with van der Waals surface area (Å²) in [6.07, 6.45) is 1.70. The second-order valence-corrected chi connectivity index (χ2v) is 7.69. The third-order valence-electron chi connectivity index (χ3n) is 4.07. The molecule has 0 aromatic heterocycles. The quantitative estimate of drug-likeness (QED) is 0.672. The molecule has 0 bridgehead atoms. The fraction of sp³-hybridized carbons (Fsp3) is 1.00. The summed E-state index contributed by atoms with van der Waals surface area (Å²) in [6.45, 7) is 6.71. The van der Waals surface area contributed by atoms with Gasteiger partial charge < -0.3 is 9.84 Å². The molecule has 0 amide bonds. The number of hydrogen-bond donors (Lipinski definition) is 2. The van der Waals surface area contributed by atoms with E-state index < -0.39 is 10.2 Å². The second kappa shape index (κ2) is 7.85. The van der Waals surface area contributed by atoms with E-state index in [1.165, 1.54) is 4.31 Å². The standard InChI is InChI=1S/C13H27N3O4S/c1-12(9-15-5-7-20-8-6-15)14-21(18,19)16-4-2-3-13(10-16)11-17/h12-14,17H,2-11H2,1H3. The van der Waals surface area contributed by atoms with Crippen LogP contribution < -0.4 is 4.72 Å². The Hall–Kier alpha value is -0.250. The smallest absolute Gasteiger partial charge is 0.279 e. The highest BCUT2D eigenvalue weighted by Gasteiger charge is 2.29. The molecule has 2 saturated heterocycles. The Balaban J connectivity index is 1.84. The predicted octanol–water partition coefficient (Wildman–Crippen LogP) is -0.754. The van der Waals surface area contributed by atoms with Crippen molar-refractivity contribution in [2.24, 2.45) is 5.92 Å². The molecule has 2 fully saturated rings. The molecule has 0 aromatic rings. The lowest BCUT2D eigenvalue weighted by molar-refractivity contribution is 0.0353. The van der Waals surface area contributed by atoms with E-state index in [0.29, 0.717) is 32.8 Å². The number of ether oxygens (including phenoxy) is 1. The molecule has 2 aliphatic rings. The molecule has 0 aliphatic carbocycles. The number of nitrogens with one attached hydrogen (secondary N) is 1. The van der Waals surface area contributed by atoms with Crippen LogP contribution >= 0.6 is 0 Å². The van der Waals surface area contributed by atoms with Crippen LogP contribution in [-0.2, 0) is 14.9 Å². The summed E-state index contributed by atoms with van der Waals surface area (Å²) in [5.41, 5.74) is 0. The maximum Gasteiger partial charge on any atom is 0.279 e. The number of nitrogens with zero attached hydrogens (tertiary/aromatic N) is 2. The summed E-state index contributed by atoms with van der Waals surface area (Å²) >= 11 is 0. The molecule has 0 aromatic carbocycles. The number of rotatable bonds is 6. The Kier molecular flexibility index (Phi) is 6.39. The van der Waals surface area contributed by atoms with Crippen molar-refractivity contribution < 1.29 is 18.3 Å². The summed E-state index contributed by atoms with van der Waals surface area (Å²) in [7, 11) is -3.46. The number of morpholine rings is 1.